The summed E-state index contributed by atoms with van der Waals surface area (Å²) in [7, 11) is 2.55. The number of methoxy groups -OCH3 is 2. The van der Waals surface area contributed by atoms with Gasteiger partial charge in [-0.3, -0.25) is 14.5 Å². The molecule has 20 heavy (non-hydrogen) atoms. The molecule has 0 bridgehead atoms. The van der Waals surface area contributed by atoms with Crippen LogP contribution in [0.25, 0.3) is 0 Å². The minimum absolute atomic E-state index is 0.0458. The molecule has 7 heteroatoms. The van der Waals surface area contributed by atoms with Gasteiger partial charge < -0.3 is 9.47 Å². The molecule has 1 aromatic rings. The summed E-state index contributed by atoms with van der Waals surface area (Å²) in [5, 5.41) is 8.79. The Morgan fingerprint density at radius 1 is 1.30 bits per heavy atom. The van der Waals surface area contributed by atoms with E-state index in [1.54, 1.807) is 17.0 Å². The summed E-state index contributed by atoms with van der Waals surface area (Å²) in [6, 6.07) is 5.24. The second kappa shape index (κ2) is 7.86. The SMILES string of the molecule is COC(=O)CN(CC(=O)OC)Cc1ccnc(C#N)c1. The lowest BCUT2D eigenvalue weighted by Gasteiger charge is -2.19. The van der Waals surface area contributed by atoms with Crippen LogP contribution in [0.15, 0.2) is 18.3 Å². The van der Waals surface area contributed by atoms with Crippen LogP contribution in [-0.4, -0.2) is 49.1 Å². The Morgan fingerprint density at radius 3 is 2.40 bits per heavy atom. The minimum atomic E-state index is -0.455. The van der Waals surface area contributed by atoms with Crippen LogP contribution in [0.1, 0.15) is 11.3 Å². The van der Waals surface area contributed by atoms with Crippen molar-refractivity contribution in [2.45, 2.75) is 6.54 Å². The lowest BCUT2D eigenvalue weighted by Crippen LogP contribution is -2.35. The van der Waals surface area contributed by atoms with Crippen LogP contribution in [0.4, 0.5) is 0 Å². The zero-order chi connectivity index (χ0) is 15.0. The van der Waals surface area contributed by atoms with Crippen molar-refractivity contribution in [3.05, 3.63) is 29.6 Å². The molecule has 0 unspecified atom stereocenters. The molecule has 0 radical (unpaired) electrons. The Balaban J connectivity index is 2.79. The van der Waals surface area contributed by atoms with Crippen molar-refractivity contribution in [1.29, 1.82) is 5.26 Å². The first kappa shape index (κ1) is 15.6. The smallest absolute Gasteiger partial charge is 0.319 e. The molecule has 1 aromatic heterocycles. The Morgan fingerprint density at radius 2 is 1.90 bits per heavy atom. The monoisotopic (exact) mass is 277 g/mol. The second-order valence-electron chi connectivity index (χ2n) is 3.96. The molecule has 0 spiro atoms. The average Bonchev–Trinajstić information content (AvgIpc) is 2.46. The number of esters is 2. The largest absolute Gasteiger partial charge is 0.468 e. The van der Waals surface area contributed by atoms with E-state index in [4.69, 9.17) is 5.26 Å². The lowest BCUT2D eigenvalue weighted by atomic mass is 10.2. The minimum Gasteiger partial charge on any atom is -0.468 e. The molecule has 0 saturated heterocycles. The summed E-state index contributed by atoms with van der Waals surface area (Å²) in [5.74, 6) is -0.910. The Labute approximate surface area is 116 Å². The van der Waals surface area contributed by atoms with E-state index >= 15 is 0 Å². The Kier molecular flexibility index (Phi) is 6.13. The normalized spacial score (nSPS) is 9.90. The molecule has 0 aliphatic heterocycles. The van der Waals surface area contributed by atoms with Crippen molar-refractivity contribution in [3.8, 4) is 6.07 Å². The maximum absolute atomic E-state index is 11.3. The molecular formula is C13H15N3O4. The van der Waals surface area contributed by atoms with Gasteiger partial charge in [-0.25, -0.2) is 4.98 Å². The average molecular weight is 277 g/mol. The van der Waals surface area contributed by atoms with Crippen molar-refractivity contribution in [2.24, 2.45) is 0 Å². The predicted molar refractivity (Wildman–Crippen MR) is 68.3 cm³/mol. The lowest BCUT2D eigenvalue weighted by molar-refractivity contribution is -0.145. The van der Waals surface area contributed by atoms with Crippen LogP contribution in [0.3, 0.4) is 0 Å². The van der Waals surface area contributed by atoms with Gasteiger partial charge in [0.25, 0.3) is 0 Å². The predicted octanol–water partition coefficient (Wildman–Crippen LogP) is 0.101. The van der Waals surface area contributed by atoms with Gasteiger partial charge >= 0.3 is 11.9 Å². The summed E-state index contributed by atoms with van der Waals surface area (Å²) in [4.78, 5) is 28.1. The standard InChI is InChI=1S/C13H15N3O4/c1-19-12(17)8-16(9-13(18)20-2)7-10-3-4-15-11(5-10)6-14/h3-5H,7-9H2,1-2H3. The molecule has 0 amide bonds. The summed E-state index contributed by atoms with van der Waals surface area (Å²) < 4.78 is 9.16. The van der Waals surface area contributed by atoms with E-state index in [-0.39, 0.29) is 18.8 Å². The summed E-state index contributed by atoms with van der Waals surface area (Å²) in [6.07, 6.45) is 1.50. The van der Waals surface area contributed by atoms with Crippen molar-refractivity contribution < 1.29 is 19.1 Å². The zero-order valence-electron chi connectivity index (χ0n) is 11.3. The van der Waals surface area contributed by atoms with Crippen molar-refractivity contribution in [2.75, 3.05) is 27.3 Å². The summed E-state index contributed by atoms with van der Waals surface area (Å²) >= 11 is 0. The van der Waals surface area contributed by atoms with Gasteiger partial charge in [-0.15, -0.1) is 0 Å². The van der Waals surface area contributed by atoms with E-state index in [0.29, 0.717) is 6.54 Å². The van der Waals surface area contributed by atoms with Crippen LogP contribution in [0.2, 0.25) is 0 Å². The third-order valence-corrected chi connectivity index (χ3v) is 2.51. The van der Waals surface area contributed by atoms with E-state index in [1.807, 2.05) is 6.07 Å². The number of carbonyl (C=O) groups is 2. The fourth-order valence-electron chi connectivity index (χ4n) is 1.55. The third-order valence-electron chi connectivity index (χ3n) is 2.51. The van der Waals surface area contributed by atoms with Gasteiger partial charge in [-0.2, -0.15) is 5.26 Å². The summed E-state index contributed by atoms with van der Waals surface area (Å²) in [6.45, 7) is 0.215. The van der Waals surface area contributed by atoms with Gasteiger partial charge in [0.15, 0.2) is 0 Å². The first-order valence-corrected chi connectivity index (χ1v) is 5.80. The van der Waals surface area contributed by atoms with Gasteiger partial charge in [0.2, 0.25) is 0 Å². The van der Waals surface area contributed by atoms with Crippen molar-refractivity contribution in [3.63, 3.8) is 0 Å². The number of rotatable bonds is 6. The summed E-state index contributed by atoms with van der Waals surface area (Å²) in [5.41, 5.74) is 1.04. The third kappa shape index (κ3) is 5.04. The molecule has 0 saturated carbocycles. The van der Waals surface area contributed by atoms with E-state index in [0.717, 1.165) is 5.56 Å². The molecular weight excluding hydrogens is 262 g/mol. The quantitative estimate of drug-likeness (QED) is 0.681. The van der Waals surface area contributed by atoms with Crippen LogP contribution in [-0.2, 0) is 25.6 Å². The van der Waals surface area contributed by atoms with Crippen molar-refractivity contribution in [1.82, 2.24) is 9.88 Å². The first-order chi connectivity index (χ1) is 9.58. The highest BCUT2D eigenvalue weighted by Crippen LogP contribution is 2.06. The van der Waals surface area contributed by atoms with Crippen LogP contribution in [0, 0.1) is 11.3 Å². The van der Waals surface area contributed by atoms with Gasteiger partial charge in [-0.05, 0) is 17.7 Å². The highest BCUT2D eigenvalue weighted by atomic mass is 16.5. The van der Waals surface area contributed by atoms with Crippen LogP contribution < -0.4 is 0 Å². The maximum Gasteiger partial charge on any atom is 0.319 e. The van der Waals surface area contributed by atoms with E-state index in [2.05, 4.69) is 14.5 Å². The van der Waals surface area contributed by atoms with Crippen molar-refractivity contribution >= 4 is 11.9 Å². The van der Waals surface area contributed by atoms with Crippen LogP contribution >= 0.6 is 0 Å². The molecule has 1 heterocycles. The number of hydrogen-bond donors (Lipinski definition) is 0. The molecule has 0 atom stereocenters. The molecule has 0 fully saturated rings. The highest BCUT2D eigenvalue weighted by Gasteiger charge is 2.16. The molecule has 106 valence electrons. The highest BCUT2D eigenvalue weighted by molar-refractivity contribution is 5.74. The number of nitrogens with zero attached hydrogens (tertiary/aromatic N) is 3. The van der Waals surface area contributed by atoms with E-state index in [1.165, 1.54) is 20.4 Å². The van der Waals surface area contributed by atoms with E-state index < -0.39 is 11.9 Å². The Bertz CT molecular complexity index is 507. The fourth-order valence-corrected chi connectivity index (χ4v) is 1.55. The zero-order valence-corrected chi connectivity index (χ0v) is 11.3. The van der Waals surface area contributed by atoms with Crippen LogP contribution in [0.5, 0.6) is 0 Å². The fraction of sp³-hybridized carbons (Fsp3) is 0.385. The van der Waals surface area contributed by atoms with Gasteiger partial charge in [0, 0.05) is 12.7 Å². The molecule has 7 nitrogen and oxygen atoms in total. The number of hydrogen-bond acceptors (Lipinski definition) is 7. The number of nitriles is 1. The van der Waals surface area contributed by atoms with E-state index in [9.17, 15) is 9.59 Å². The number of carbonyl (C=O) groups excluding carboxylic acids is 2. The maximum atomic E-state index is 11.3. The number of aromatic nitrogens is 1. The topological polar surface area (TPSA) is 92.5 Å². The second-order valence-corrected chi connectivity index (χ2v) is 3.96. The van der Waals surface area contributed by atoms with Gasteiger partial charge in [0.1, 0.15) is 11.8 Å². The van der Waals surface area contributed by atoms with Gasteiger partial charge in [-0.1, -0.05) is 0 Å². The first-order valence-electron chi connectivity index (χ1n) is 5.80. The molecule has 0 aliphatic rings. The molecule has 0 aliphatic carbocycles. The van der Waals surface area contributed by atoms with Gasteiger partial charge in [0.05, 0.1) is 27.3 Å². The number of pyridine rings is 1. The Hall–Kier alpha value is -2.46. The molecule has 0 aromatic carbocycles. The molecule has 1 rings (SSSR count). The molecule has 0 N–H and O–H groups in total. The number of ether oxygens (including phenoxy) is 2.